The molecule has 0 aromatic rings. The van der Waals surface area contributed by atoms with Gasteiger partial charge in [-0.2, -0.15) is 0 Å². The molecule has 0 aromatic carbocycles. The first-order chi connectivity index (χ1) is 10.4. The quantitative estimate of drug-likeness (QED) is 0.598. The fourth-order valence-electron chi connectivity index (χ4n) is 3.65. The Morgan fingerprint density at radius 2 is 0.909 bits per heavy atom. The number of nitrogens with zero attached hydrogens (tertiary/aromatic N) is 2. The van der Waals surface area contributed by atoms with Crippen LogP contribution in [-0.4, -0.2) is 31.7 Å². The highest BCUT2D eigenvalue weighted by molar-refractivity contribution is 6.32. The number of piperazine rings is 1. The molecule has 1 aliphatic heterocycles. The maximum absolute atomic E-state index is 13.1. The van der Waals surface area contributed by atoms with Crippen LogP contribution in [0.25, 0.3) is 0 Å². The zero-order valence-corrected chi connectivity index (χ0v) is 15.6. The Labute approximate surface area is 144 Å². The van der Waals surface area contributed by atoms with Crippen LogP contribution in [-0.2, 0) is 9.59 Å². The molecule has 1 rings (SSSR count). The second-order valence-electron chi connectivity index (χ2n) is 6.24. The summed E-state index contributed by atoms with van der Waals surface area (Å²) in [6.45, 7) is 7.94. The molecule has 0 aliphatic carbocycles. The van der Waals surface area contributed by atoms with Crippen LogP contribution in [0.4, 0.5) is 0 Å². The van der Waals surface area contributed by atoms with Crippen molar-refractivity contribution in [2.24, 2.45) is 0 Å². The molecular formula is C16H28Cl2N2O2. The van der Waals surface area contributed by atoms with Crippen molar-refractivity contribution in [3.05, 3.63) is 0 Å². The fourth-order valence-corrected chi connectivity index (χ4v) is 4.44. The lowest BCUT2D eigenvalue weighted by molar-refractivity contribution is -0.167. The SMILES string of the molecule is CCCC1(CCC)C(=O)N(Cl)C(CCC)(CCC)C(=O)N1Cl. The van der Waals surface area contributed by atoms with Gasteiger partial charge in [0, 0.05) is 23.6 Å². The van der Waals surface area contributed by atoms with Crippen LogP contribution >= 0.6 is 23.6 Å². The predicted octanol–water partition coefficient (Wildman–Crippen LogP) is 4.64. The van der Waals surface area contributed by atoms with Crippen molar-refractivity contribution in [3.63, 3.8) is 0 Å². The van der Waals surface area contributed by atoms with Crippen LogP contribution in [0.15, 0.2) is 0 Å². The molecule has 128 valence electrons. The number of carbonyl (C=O) groups excluding carboxylic acids is 2. The van der Waals surface area contributed by atoms with Crippen LogP contribution in [0.5, 0.6) is 0 Å². The second-order valence-corrected chi connectivity index (χ2v) is 6.91. The Bertz CT molecular complexity index is 365. The smallest absolute Gasteiger partial charge is 0.265 e. The fraction of sp³-hybridized carbons (Fsp3) is 0.875. The van der Waals surface area contributed by atoms with Crippen LogP contribution in [0, 0.1) is 0 Å². The molecule has 1 fully saturated rings. The Balaban J connectivity index is 3.35. The van der Waals surface area contributed by atoms with E-state index < -0.39 is 11.1 Å². The van der Waals surface area contributed by atoms with Gasteiger partial charge in [-0.25, -0.2) is 8.84 Å². The largest absolute Gasteiger partial charge is 0.271 e. The molecule has 0 atom stereocenters. The lowest BCUT2D eigenvalue weighted by Gasteiger charge is -2.52. The van der Waals surface area contributed by atoms with Gasteiger partial charge in [0.1, 0.15) is 11.1 Å². The Kier molecular flexibility index (Phi) is 7.00. The molecule has 22 heavy (non-hydrogen) atoms. The number of carbonyl (C=O) groups is 2. The normalized spacial score (nSPS) is 20.6. The molecule has 1 aliphatic rings. The van der Waals surface area contributed by atoms with Gasteiger partial charge >= 0.3 is 0 Å². The summed E-state index contributed by atoms with van der Waals surface area (Å²) in [5, 5.41) is 0. The second kappa shape index (κ2) is 7.87. The summed E-state index contributed by atoms with van der Waals surface area (Å²) < 4.78 is 2.37. The predicted molar refractivity (Wildman–Crippen MR) is 90.5 cm³/mol. The standard InChI is InChI=1S/C16H28Cl2N2O2/c1-5-9-15(10-6-2)13(21)20(18)16(11-7-3,12-8-4)14(22)19(15)17/h5-12H2,1-4H3. The van der Waals surface area contributed by atoms with E-state index in [-0.39, 0.29) is 11.8 Å². The Hall–Kier alpha value is -0.480. The number of rotatable bonds is 8. The van der Waals surface area contributed by atoms with Gasteiger partial charge in [0.15, 0.2) is 0 Å². The summed E-state index contributed by atoms with van der Waals surface area (Å²) in [5.41, 5.74) is -2.01. The average Bonchev–Trinajstić information content (AvgIpc) is 2.50. The molecular weight excluding hydrogens is 323 g/mol. The molecule has 0 spiro atoms. The minimum atomic E-state index is -1.01. The van der Waals surface area contributed by atoms with Gasteiger partial charge in [0.25, 0.3) is 11.8 Å². The molecule has 2 amide bonds. The van der Waals surface area contributed by atoms with Gasteiger partial charge in [0.2, 0.25) is 0 Å². The van der Waals surface area contributed by atoms with Gasteiger partial charge in [-0.3, -0.25) is 9.59 Å². The van der Waals surface area contributed by atoms with Gasteiger partial charge in [-0.15, -0.1) is 0 Å². The minimum Gasteiger partial charge on any atom is -0.271 e. The number of halogens is 2. The van der Waals surface area contributed by atoms with E-state index in [9.17, 15) is 9.59 Å². The van der Waals surface area contributed by atoms with Crippen LogP contribution < -0.4 is 0 Å². The maximum atomic E-state index is 13.1. The average molecular weight is 351 g/mol. The van der Waals surface area contributed by atoms with E-state index in [0.29, 0.717) is 25.7 Å². The lowest BCUT2D eigenvalue weighted by Crippen LogP contribution is -2.72. The first-order valence-electron chi connectivity index (χ1n) is 8.38. The molecule has 4 nitrogen and oxygen atoms in total. The van der Waals surface area contributed by atoms with Crippen molar-refractivity contribution >= 4 is 35.4 Å². The van der Waals surface area contributed by atoms with Crippen LogP contribution in [0.2, 0.25) is 0 Å². The molecule has 0 saturated carbocycles. The summed E-state index contributed by atoms with van der Waals surface area (Å²) in [4.78, 5) is 26.1. The van der Waals surface area contributed by atoms with Crippen LogP contribution in [0.3, 0.4) is 0 Å². The molecule has 6 heteroatoms. The summed E-state index contributed by atoms with van der Waals surface area (Å²) in [6, 6.07) is 0. The van der Waals surface area contributed by atoms with Gasteiger partial charge in [-0.05, 0) is 25.7 Å². The van der Waals surface area contributed by atoms with Crippen LogP contribution in [0.1, 0.15) is 79.1 Å². The first-order valence-corrected chi connectivity index (χ1v) is 9.06. The summed E-state index contributed by atoms with van der Waals surface area (Å²) in [7, 11) is 0. The Morgan fingerprint density at radius 3 is 1.09 bits per heavy atom. The van der Waals surface area contributed by atoms with Crippen molar-refractivity contribution in [3.8, 4) is 0 Å². The van der Waals surface area contributed by atoms with E-state index in [0.717, 1.165) is 25.7 Å². The third-order valence-electron chi connectivity index (χ3n) is 4.56. The third kappa shape index (κ3) is 2.96. The van der Waals surface area contributed by atoms with E-state index in [4.69, 9.17) is 23.6 Å². The van der Waals surface area contributed by atoms with Crippen molar-refractivity contribution in [1.29, 1.82) is 0 Å². The summed E-state index contributed by atoms with van der Waals surface area (Å²) in [5.74, 6) is -0.455. The summed E-state index contributed by atoms with van der Waals surface area (Å²) >= 11 is 12.9. The highest BCUT2D eigenvalue weighted by Gasteiger charge is 2.61. The molecule has 0 bridgehead atoms. The molecule has 0 radical (unpaired) electrons. The monoisotopic (exact) mass is 350 g/mol. The van der Waals surface area contributed by atoms with Gasteiger partial charge in [-0.1, -0.05) is 53.4 Å². The number of amides is 2. The van der Waals surface area contributed by atoms with E-state index in [2.05, 4.69) is 0 Å². The molecule has 0 N–H and O–H groups in total. The topological polar surface area (TPSA) is 40.6 Å². The maximum Gasteiger partial charge on any atom is 0.265 e. The van der Waals surface area contributed by atoms with E-state index >= 15 is 0 Å². The minimum absolute atomic E-state index is 0.227. The summed E-state index contributed by atoms with van der Waals surface area (Å²) in [6.07, 6.45) is 5.20. The van der Waals surface area contributed by atoms with Crippen molar-refractivity contribution < 1.29 is 9.59 Å². The van der Waals surface area contributed by atoms with E-state index in [1.165, 1.54) is 8.84 Å². The van der Waals surface area contributed by atoms with E-state index in [1.807, 2.05) is 27.7 Å². The zero-order valence-electron chi connectivity index (χ0n) is 14.1. The molecule has 0 unspecified atom stereocenters. The van der Waals surface area contributed by atoms with Gasteiger partial charge < -0.3 is 0 Å². The van der Waals surface area contributed by atoms with Crippen molar-refractivity contribution in [2.75, 3.05) is 0 Å². The molecule has 1 heterocycles. The lowest BCUT2D eigenvalue weighted by atomic mass is 9.78. The number of hydrogen-bond donors (Lipinski definition) is 0. The first kappa shape index (κ1) is 19.6. The van der Waals surface area contributed by atoms with Gasteiger partial charge in [0.05, 0.1) is 0 Å². The zero-order chi connectivity index (χ0) is 17.0. The number of hydrogen-bond acceptors (Lipinski definition) is 2. The van der Waals surface area contributed by atoms with Crippen molar-refractivity contribution in [2.45, 2.75) is 90.1 Å². The molecule has 1 saturated heterocycles. The van der Waals surface area contributed by atoms with E-state index in [1.54, 1.807) is 0 Å². The Morgan fingerprint density at radius 1 is 0.682 bits per heavy atom. The third-order valence-corrected chi connectivity index (χ3v) is 5.51. The highest BCUT2D eigenvalue weighted by atomic mass is 35.5. The van der Waals surface area contributed by atoms with Crippen molar-refractivity contribution in [1.82, 2.24) is 8.84 Å². The molecule has 0 aromatic heterocycles. The highest BCUT2D eigenvalue weighted by Crippen LogP contribution is 2.45.